The minimum absolute atomic E-state index is 1.07. The number of rotatable bonds is 19. The van der Waals surface area contributed by atoms with Gasteiger partial charge in [0.1, 0.15) is 0 Å². The lowest BCUT2D eigenvalue weighted by atomic mass is 10.0. The molecule has 0 unspecified atom stereocenters. The fourth-order valence-corrected chi connectivity index (χ4v) is 13.5. The van der Waals surface area contributed by atoms with Gasteiger partial charge in [-0.15, -0.1) is 0 Å². The molecule has 474 valence electrons. The van der Waals surface area contributed by atoms with E-state index in [1.165, 1.54) is 44.5 Å². The Bertz CT molecular complexity index is 4770. The summed E-state index contributed by atoms with van der Waals surface area (Å²) in [4.78, 5) is 9.33. The predicted molar refractivity (Wildman–Crippen MR) is 423 cm³/mol. The third kappa shape index (κ3) is 13.4. The van der Waals surface area contributed by atoms with E-state index in [0.717, 1.165) is 102 Å². The number of nitrogens with zero attached hydrogens (tertiary/aromatic N) is 4. The Hall–Kier alpha value is -13.3. The molecule has 0 aliphatic heterocycles. The average molecular weight is 1280 g/mol. The molecule has 4 nitrogen and oxygen atoms in total. The number of anilines is 12. The van der Waals surface area contributed by atoms with Crippen LogP contribution in [0.3, 0.4) is 0 Å². The molecule has 0 fully saturated rings. The Kier molecular flexibility index (Phi) is 17.6. The van der Waals surface area contributed by atoms with Crippen molar-refractivity contribution in [2.75, 3.05) is 19.6 Å². The van der Waals surface area contributed by atoms with E-state index < -0.39 is 0 Å². The van der Waals surface area contributed by atoms with Crippen LogP contribution in [0.2, 0.25) is 0 Å². The molecule has 0 spiro atoms. The van der Waals surface area contributed by atoms with E-state index in [1.54, 1.807) is 0 Å². The highest BCUT2D eigenvalue weighted by Crippen LogP contribution is 2.43. The zero-order valence-electron chi connectivity index (χ0n) is 55.2. The Labute approximate surface area is 586 Å². The van der Waals surface area contributed by atoms with Gasteiger partial charge < -0.3 is 19.6 Å². The summed E-state index contributed by atoms with van der Waals surface area (Å²) in [5.41, 5.74) is 29.4. The Morgan fingerprint density at radius 3 is 0.290 bits per heavy atom. The van der Waals surface area contributed by atoms with Gasteiger partial charge in [0.25, 0.3) is 0 Å². The number of benzene rings is 16. The van der Waals surface area contributed by atoms with Crippen molar-refractivity contribution in [2.45, 2.75) is 0 Å². The Balaban J connectivity index is 0.629. The van der Waals surface area contributed by atoms with Crippen LogP contribution in [0.25, 0.3) is 77.9 Å². The van der Waals surface area contributed by atoms with Gasteiger partial charge in [-0.05, 0) is 223 Å². The highest BCUT2D eigenvalue weighted by Gasteiger charge is 2.20. The van der Waals surface area contributed by atoms with Crippen molar-refractivity contribution in [2.24, 2.45) is 0 Å². The monoisotopic (exact) mass is 1280 g/mol. The molecule has 16 aromatic carbocycles. The molecule has 0 aliphatic carbocycles. The second-order valence-corrected chi connectivity index (χ2v) is 24.9. The van der Waals surface area contributed by atoms with Crippen LogP contribution in [0.5, 0.6) is 0 Å². The third-order valence-electron chi connectivity index (χ3n) is 18.7. The van der Waals surface area contributed by atoms with Gasteiger partial charge in [-0.1, -0.05) is 279 Å². The standard InChI is InChI=1S/C96H70N4/c1-7-19-71(20-8-1)75-31-51-91(52-32-75)99(92-53-33-76(34-54-92)72-21-9-2-10-22-72)95-67-47-83(48-68-95)81-43-63-89(64-44-81)97(85-27-15-5-16-28-85)87-59-39-79(40-60-87)80-41-61-88(62-42-80)98(86-29-17-6-18-30-86)90-65-45-82(46-66-90)84-49-69-96(70-50-84)100(93-55-35-77(36-56-93)73-23-11-3-12-24-73)94-57-37-78(38-58-94)74-25-13-4-14-26-74/h1-70H. The summed E-state index contributed by atoms with van der Waals surface area (Å²) in [5, 5.41) is 0. The molecule has 0 aliphatic rings. The molecule has 0 atom stereocenters. The zero-order valence-corrected chi connectivity index (χ0v) is 55.2. The van der Waals surface area contributed by atoms with Crippen molar-refractivity contribution in [3.63, 3.8) is 0 Å². The minimum atomic E-state index is 1.07. The van der Waals surface area contributed by atoms with E-state index in [0.29, 0.717) is 0 Å². The molecule has 0 saturated carbocycles. The van der Waals surface area contributed by atoms with E-state index in [-0.39, 0.29) is 0 Å². The van der Waals surface area contributed by atoms with E-state index >= 15 is 0 Å². The number of hydrogen-bond donors (Lipinski definition) is 0. The maximum Gasteiger partial charge on any atom is 0.0462 e. The first-order chi connectivity index (χ1) is 49.6. The van der Waals surface area contributed by atoms with Crippen LogP contribution in [0.15, 0.2) is 425 Å². The summed E-state index contributed by atoms with van der Waals surface area (Å²) in [6, 6.07) is 153. The quantitative estimate of drug-likeness (QED) is 0.0800. The SMILES string of the molecule is c1ccc(-c2ccc(N(c3ccc(-c4ccccc4)cc3)c3ccc(-c4ccc(N(c5ccccc5)c5ccc(-c6ccc(N(c7ccccc7)c7ccc(-c8ccc(N(c9ccc(-c%10ccccc%10)cc9)c9ccc(-c%10ccccc%10)cc9)cc8)cc7)cc6)cc5)cc4)cc3)cc2)cc1. The van der Waals surface area contributed by atoms with Gasteiger partial charge in [-0.3, -0.25) is 0 Å². The highest BCUT2D eigenvalue weighted by atomic mass is 15.2. The van der Waals surface area contributed by atoms with Crippen LogP contribution in [-0.4, -0.2) is 0 Å². The van der Waals surface area contributed by atoms with E-state index in [2.05, 4.69) is 444 Å². The normalized spacial score (nSPS) is 11.0. The molecule has 0 N–H and O–H groups in total. The van der Waals surface area contributed by atoms with E-state index in [4.69, 9.17) is 0 Å². The maximum atomic E-state index is 2.34. The lowest BCUT2D eigenvalue weighted by molar-refractivity contribution is 1.28. The summed E-state index contributed by atoms with van der Waals surface area (Å²) >= 11 is 0. The molecular formula is C96H70N4. The average Bonchev–Trinajstić information content (AvgIpc) is 0.816. The Morgan fingerprint density at radius 1 is 0.0800 bits per heavy atom. The summed E-state index contributed by atoms with van der Waals surface area (Å²) in [6.07, 6.45) is 0. The molecule has 16 rings (SSSR count). The number of hydrogen-bond acceptors (Lipinski definition) is 4. The number of para-hydroxylation sites is 2. The van der Waals surface area contributed by atoms with E-state index in [1.807, 2.05) is 0 Å². The highest BCUT2D eigenvalue weighted by molar-refractivity contribution is 5.87. The lowest BCUT2D eigenvalue weighted by Gasteiger charge is -2.27. The predicted octanol–water partition coefficient (Wildman–Crippen LogP) is 27.2. The van der Waals surface area contributed by atoms with Crippen LogP contribution in [0.4, 0.5) is 68.2 Å². The van der Waals surface area contributed by atoms with Crippen LogP contribution in [-0.2, 0) is 0 Å². The minimum Gasteiger partial charge on any atom is -0.311 e. The maximum absolute atomic E-state index is 2.34. The van der Waals surface area contributed by atoms with Gasteiger partial charge in [-0.2, -0.15) is 0 Å². The van der Waals surface area contributed by atoms with Gasteiger partial charge >= 0.3 is 0 Å². The molecule has 16 aromatic rings. The van der Waals surface area contributed by atoms with Gasteiger partial charge in [0, 0.05) is 68.2 Å². The molecule has 0 aromatic heterocycles. The first-order valence-corrected chi connectivity index (χ1v) is 34.1. The molecule has 0 heterocycles. The van der Waals surface area contributed by atoms with Crippen molar-refractivity contribution >= 4 is 68.2 Å². The van der Waals surface area contributed by atoms with Crippen LogP contribution in [0.1, 0.15) is 0 Å². The molecule has 0 saturated heterocycles. The second kappa shape index (κ2) is 28.6. The summed E-state index contributed by atoms with van der Waals surface area (Å²) in [6.45, 7) is 0. The fourth-order valence-electron chi connectivity index (χ4n) is 13.5. The first kappa shape index (κ1) is 61.6. The molecular weight excluding hydrogens is 1210 g/mol. The van der Waals surface area contributed by atoms with Gasteiger partial charge in [0.05, 0.1) is 0 Å². The van der Waals surface area contributed by atoms with E-state index in [9.17, 15) is 0 Å². The molecule has 0 amide bonds. The van der Waals surface area contributed by atoms with Crippen LogP contribution in [0, 0.1) is 0 Å². The third-order valence-corrected chi connectivity index (χ3v) is 18.7. The molecule has 0 radical (unpaired) electrons. The summed E-state index contributed by atoms with van der Waals surface area (Å²) in [7, 11) is 0. The van der Waals surface area contributed by atoms with Crippen molar-refractivity contribution in [3.05, 3.63) is 425 Å². The van der Waals surface area contributed by atoms with Gasteiger partial charge in [-0.25, -0.2) is 0 Å². The van der Waals surface area contributed by atoms with Crippen LogP contribution >= 0.6 is 0 Å². The second-order valence-electron chi connectivity index (χ2n) is 24.9. The Morgan fingerprint density at radius 2 is 0.170 bits per heavy atom. The fraction of sp³-hybridized carbons (Fsp3) is 0. The van der Waals surface area contributed by atoms with Crippen LogP contribution < -0.4 is 19.6 Å². The van der Waals surface area contributed by atoms with Gasteiger partial charge in [0.15, 0.2) is 0 Å². The van der Waals surface area contributed by atoms with Crippen molar-refractivity contribution in [1.29, 1.82) is 0 Å². The topological polar surface area (TPSA) is 13.0 Å². The lowest BCUT2D eigenvalue weighted by Crippen LogP contribution is -2.10. The first-order valence-electron chi connectivity index (χ1n) is 34.1. The van der Waals surface area contributed by atoms with Crippen molar-refractivity contribution in [3.8, 4) is 77.9 Å². The van der Waals surface area contributed by atoms with Crippen molar-refractivity contribution in [1.82, 2.24) is 0 Å². The zero-order chi connectivity index (χ0) is 66.8. The summed E-state index contributed by atoms with van der Waals surface area (Å²) in [5.74, 6) is 0. The molecule has 4 heteroatoms. The molecule has 100 heavy (non-hydrogen) atoms. The van der Waals surface area contributed by atoms with Gasteiger partial charge in [0.2, 0.25) is 0 Å². The smallest absolute Gasteiger partial charge is 0.0462 e. The molecule has 0 bridgehead atoms. The largest absolute Gasteiger partial charge is 0.311 e. The van der Waals surface area contributed by atoms with Crippen molar-refractivity contribution < 1.29 is 0 Å². The summed E-state index contributed by atoms with van der Waals surface area (Å²) < 4.78 is 0.